The van der Waals surface area contributed by atoms with Gasteiger partial charge in [-0.15, -0.1) is 0 Å². The van der Waals surface area contributed by atoms with E-state index in [1.54, 1.807) is 10.9 Å². The van der Waals surface area contributed by atoms with Gasteiger partial charge in [0.05, 0.1) is 6.20 Å². The lowest BCUT2D eigenvalue weighted by Crippen LogP contribution is -2.13. The second-order valence-electron chi connectivity index (χ2n) is 4.69. The lowest BCUT2D eigenvalue weighted by molar-refractivity contribution is 0.444. The fraction of sp³-hybridized carbons (Fsp3) is 0.700. The van der Waals surface area contributed by atoms with Gasteiger partial charge in [0.2, 0.25) is 0 Å². The fourth-order valence-corrected chi connectivity index (χ4v) is 1.18. The zero-order chi connectivity index (χ0) is 10.2. The minimum atomic E-state index is -0.0930. The van der Waals surface area contributed by atoms with Crippen LogP contribution in [0.3, 0.4) is 0 Å². The Morgan fingerprint density at radius 1 is 1.38 bits per heavy atom. The number of hydrogen-bond donors (Lipinski definition) is 1. The molecule has 0 amide bonds. The molecule has 0 atom stereocenters. The van der Waals surface area contributed by atoms with Crippen LogP contribution >= 0.6 is 0 Å². The highest BCUT2D eigenvalue weighted by Crippen LogP contribution is 2.29. The summed E-state index contributed by atoms with van der Waals surface area (Å²) < 4.78 is 1.79. The summed E-state index contributed by atoms with van der Waals surface area (Å²) in [6.45, 7) is 10.2. The van der Waals surface area contributed by atoms with Gasteiger partial charge in [-0.2, -0.15) is 5.10 Å². The molecule has 0 aliphatic heterocycles. The zero-order valence-corrected chi connectivity index (χ0v) is 9.00. The summed E-state index contributed by atoms with van der Waals surface area (Å²) in [7, 11) is 0. The molecule has 0 fully saturated rings. The van der Waals surface area contributed by atoms with E-state index in [-0.39, 0.29) is 5.41 Å². The van der Waals surface area contributed by atoms with Crippen molar-refractivity contribution in [1.29, 1.82) is 0 Å². The molecule has 0 aromatic carbocycles. The van der Waals surface area contributed by atoms with Crippen LogP contribution in [0.5, 0.6) is 5.75 Å². The molecular weight excluding hydrogens is 164 g/mol. The van der Waals surface area contributed by atoms with E-state index in [9.17, 15) is 5.11 Å². The summed E-state index contributed by atoms with van der Waals surface area (Å²) >= 11 is 0. The van der Waals surface area contributed by atoms with E-state index < -0.39 is 0 Å². The highest BCUT2D eigenvalue weighted by molar-refractivity contribution is 5.28. The minimum Gasteiger partial charge on any atom is -0.504 e. The lowest BCUT2D eigenvalue weighted by atomic mass is 9.92. The Morgan fingerprint density at radius 2 is 1.92 bits per heavy atom. The summed E-state index contributed by atoms with van der Waals surface area (Å²) in [5.74, 6) is 0.293. The molecule has 13 heavy (non-hydrogen) atoms. The van der Waals surface area contributed by atoms with Crippen molar-refractivity contribution in [1.82, 2.24) is 9.78 Å². The largest absolute Gasteiger partial charge is 0.504 e. The third-order valence-corrected chi connectivity index (χ3v) is 1.95. The van der Waals surface area contributed by atoms with Crippen molar-refractivity contribution in [3.8, 4) is 5.75 Å². The molecule has 0 saturated heterocycles. The van der Waals surface area contributed by atoms with Gasteiger partial charge in [-0.05, 0) is 13.8 Å². The third kappa shape index (κ3) is 2.02. The number of hydrogen-bond acceptors (Lipinski definition) is 2. The first-order valence-electron chi connectivity index (χ1n) is 4.61. The molecule has 3 nitrogen and oxygen atoms in total. The van der Waals surface area contributed by atoms with E-state index in [0.29, 0.717) is 11.8 Å². The van der Waals surface area contributed by atoms with Gasteiger partial charge in [-0.25, -0.2) is 0 Å². The maximum atomic E-state index is 9.63. The Balaban J connectivity index is 3.11. The van der Waals surface area contributed by atoms with Crippen molar-refractivity contribution in [2.45, 2.75) is 46.1 Å². The molecule has 74 valence electrons. The summed E-state index contributed by atoms with van der Waals surface area (Å²) in [6, 6.07) is 0.294. The predicted octanol–water partition coefficient (Wildman–Crippen LogP) is 2.47. The molecule has 1 rings (SSSR count). The van der Waals surface area contributed by atoms with Gasteiger partial charge in [-0.1, -0.05) is 20.8 Å². The van der Waals surface area contributed by atoms with E-state index in [0.717, 1.165) is 5.69 Å². The van der Waals surface area contributed by atoms with Crippen LogP contribution in [0, 0.1) is 0 Å². The Bertz CT molecular complexity index is 294. The molecule has 0 bridgehead atoms. The van der Waals surface area contributed by atoms with Gasteiger partial charge < -0.3 is 5.11 Å². The molecule has 1 heterocycles. The molecule has 0 spiro atoms. The molecule has 1 aromatic rings. The van der Waals surface area contributed by atoms with Crippen LogP contribution in [0.25, 0.3) is 0 Å². The fourth-order valence-electron chi connectivity index (χ4n) is 1.18. The molecule has 1 N–H and O–H groups in total. The van der Waals surface area contributed by atoms with Crippen LogP contribution in [0.2, 0.25) is 0 Å². The smallest absolute Gasteiger partial charge is 0.157 e. The van der Waals surface area contributed by atoms with Crippen LogP contribution in [0.4, 0.5) is 0 Å². The second kappa shape index (κ2) is 3.05. The molecular formula is C10H18N2O. The highest BCUT2D eigenvalue weighted by atomic mass is 16.3. The van der Waals surface area contributed by atoms with Gasteiger partial charge in [0.15, 0.2) is 5.75 Å². The topological polar surface area (TPSA) is 38.0 Å². The van der Waals surface area contributed by atoms with Crippen molar-refractivity contribution >= 4 is 0 Å². The molecule has 0 saturated carbocycles. The van der Waals surface area contributed by atoms with Crippen LogP contribution in [-0.4, -0.2) is 14.9 Å². The average molecular weight is 182 g/mol. The second-order valence-corrected chi connectivity index (χ2v) is 4.69. The predicted molar refractivity (Wildman–Crippen MR) is 53.0 cm³/mol. The van der Waals surface area contributed by atoms with Gasteiger partial charge in [0.1, 0.15) is 5.69 Å². The van der Waals surface area contributed by atoms with Crippen LogP contribution < -0.4 is 0 Å². The first-order chi connectivity index (χ1) is 5.82. The standard InChI is InChI=1S/C10H18N2O/c1-7(2)12-6-8(13)9(11-12)10(3,4)5/h6-7,13H,1-5H3. The zero-order valence-electron chi connectivity index (χ0n) is 9.00. The molecule has 0 radical (unpaired) electrons. The quantitative estimate of drug-likeness (QED) is 0.724. The van der Waals surface area contributed by atoms with Crippen molar-refractivity contribution < 1.29 is 5.11 Å². The Kier molecular flexibility index (Phi) is 2.37. The first-order valence-corrected chi connectivity index (χ1v) is 4.61. The van der Waals surface area contributed by atoms with E-state index in [1.807, 2.05) is 34.6 Å². The number of aromatic hydroxyl groups is 1. The summed E-state index contributed by atoms with van der Waals surface area (Å²) in [4.78, 5) is 0. The van der Waals surface area contributed by atoms with E-state index >= 15 is 0 Å². The maximum Gasteiger partial charge on any atom is 0.157 e. The Labute approximate surface area is 79.4 Å². The van der Waals surface area contributed by atoms with Gasteiger partial charge >= 0.3 is 0 Å². The van der Waals surface area contributed by atoms with Crippen molar-refractivity contribution in [3.63, 3.8) is 0 Å². The summed E-state index contributed by atoms with van der Waals surface area (Å²) in [5.41, 5.74) is 0.672. The van der Waals surface area contributed by atoms with Crippen LogP contribution in [-0.2, 0) is 5.41 Å². The number of nitrogens with zero attached hydrogens (tertiary/aromatic N) is 2. The summed E-state index contributed by atoms with van der Waals surface area (Å²) in [5, 5.41) is 14.0. The monoisotopic (exact) mass is 182 g/mol. The molecule has 3 heteroatoms. The number of aromatic nitrogens is 2. The third-order valence-electron chi connectivity index (χ3n) is 1.95. The Morgan fingerprint density at radius 3 is 2.15 bits per heavy atom. The van der Waals surface area contributed by atoms with Gasteiger partial charge in [0.25, 0.3) is 0 Å². The van der Waals surface area contributed by atoms with Crippen LogP contribution in [0.1, 0.15) is 46.4 Å². The van der Waals surface area contributed by atoms with Crippen molar-refractivity contribution in [3.05, 3.63) is 11.9 Å². The molecule has 0 aliphatic rings. The average Bonchev–Trinajstić information content (AvgIpc) is 2.29. The van der Waals surface area contributed by atoms with Gasteiger partial charge in [-0.3, -0.25) is 4.68 Å². The normalized spacial score (nSPS) is 12.5. The van der Waals surface area contributed by atoms with E-state index in [2.05, 4.69) is 5.10 Å². The van der Waals surface area contributed by atoms with Crippen molar-refractivity contribution in [2.24, 2.45) is 0 Å². The van der Waals surface area contributed by atoms with E-state index in [4.69, 9.17) is 0 Å². The SMILES string of the molecule is CC(C)n1cc(O)c(C(C)(C)C)n1. The summed E-state index contributed by atoms with van der Waals surface area (Å²) in [6.07, 6.45) is 1.69. The van der Waals surface area contributed by atoms with Gasteiger partial charge in [0, 0.05) is 11.5 Å². The van der Waals surface area contributed by atoms with Crippen LogP contribution in [0.15, 0.2) is 6.20 Å². The van der Waals surface area contributed by atoms with Crippen molar-refractivity contribution in [2.75, 3.05) is 0 Å². The molecule has 0 aliphatic carbocycles. The number of rotatable bonds is 1. The lowest BCUT2D eigenvalue weighted by Gasteiger charge is -2.15. The highest BCUT2D eigenvalue weighted by Gasteiger charge is 2.22. The minimum absolute atomic E-state index is 0.0930. The first kappa shape index (κ1) is 10.1. The van der Waals surface area contributed by atoms with E-state index in [1.165, 1.54) is 0 Å². The Hall–Kier alpha value is -0.990. The molecule has 1 aromatic heterocycles. The maximum absolute atomic E-state index is 9.63. The molecule has 0 unspecified atom stereocenters.